The molecule has 0 unspecified atom stereocenters. The third kappa shape index (κ3) is 3.33. The van der Waals surface area contributed by atoms with Crippen molar-refractivity contribution >= 4 is 17.4 Å². The van der Waals surface area contributed by atoms with Gasteiger partial charge in [-0.05, 0) is 30.0 Å². The Labute approximate surface area is 113 Å². The van der Waals surface area contributed by atoms with Gasteiger partial charge in [0.25, 0.3) is 0 Å². The van der Waals surface area contributed by atoms with Gasteiger partial charge in [0, 0.05) is 17.0 Å². The molecule has 0 radical (unpaired) electrons. The van der Waals surface area contributed by atoms with E-state index in [0.717, 1.165) is 30.2 Å². The number of anilines is 1. The molecule has 3 heteroatoms. The van der Waals surface area contributed by atoms with Crippen LogP contribution in [0.3, 0.4) is 0 Å². The maximum absolute atomic E-state index is 5.69. The van der Waals surface area contributed by atoms with E-state index >= 15 is 0 Å². The zero-order chi connectivity index (χ0) is 12.8. The number of furan rings is 1. The van der Waals surface area contributed by atoms with Crippen molar-refractivity contribution in [1.82, 2.24) is 0 Å². The largest absolute Gasteiger partial charge is 0.464 e. The predicted molar refractivity (Wildman–Crippen MR) is 78.3 cm³/mol. The van der Waals surface area contributed by atoms with Gasteiger partial charge in [-0.1, -0.05) is 26.0 Å². The Morgan fingerprint density at radius 1 is 1.06 bits per heavy atom. The maximum Gasteiger partial charge on any atom is 0.123 e. The zero-order valence-corrected chi connectivity index (χ0v) is 11.7. The van der Waals surface area contributed by atoms with Crippen LogP contribution in [0.1, 0.15) is 25.4 Å². The Morgan fingerprint density at radius 2 is 1.83 bits per heavy atom. The molecule has 0 saturated heterocycles. The summed E-state index contributed by atoms with van der Waals surface area (Å²) in [6.45, 7) is 5.01. The van der Waals surface area contributed by atoms with Gasteiger partial charge in [-0.3, -0.25) is 0 Å². The molecule has 0 saturated carbocycles. The molecule has 0 aliphatic rings. The normalized spacial score (nSPS) is 10.6. The number of para-hydroxylation sites is 1. The van der Waals surface area contributed by atoms with Crippen LogP contribution in [0.5, 0.6) is 0 Å². The lowest BCUT2D eigenvalue weighted by Crippen LogP contribution is -1.99. The van der Waals surface area contributed by atoms with Gasteiger partial charge in [-0.2, -0.15) is 0 Å². The molecule has 0 aliphatic heterocycles. The minimum Gasteiger partial charge on any atom is -0.464 e. The zero-order valence-electron chi connectivity index (χ0n) is 10.9. The summed E-state index contributed by atoms with van der Waals surface area (Å²) in [6, 6.07) is 12.5. The predicted octanol–water partition coefficient (Wildman–Crippen LogP) is 4.57. The summed E-state index contributed by atoms with van der Waals surface area (Å²) in [7, 11) is 0. The van der Waals surface area contributed by atoms with Gasteiger partial charge in [-0.25, -0.2) is 0 Å². The number of hydrogen-bond acceptors (Lipinski definition) is 3. The van der Waals surface area contributed by atoms with Crippen molar-refractivity contribution in [3.05, 3.63) is 47.9 Å². The fourth-order valence-corrected chi connectivity index (χ4v) is 2.57. The van der Waals surface area contributed by atoms with Gasteiger partial charge >= 0.3 is 0 Å². The third-order valence-corrected chi connectivity index (χ3v) is 3.66. The molecule has 0 bridgehead atoms. The third-order valence-electron chi connectivity index (χ3n) is 2.71. The van der Waals surface area contributed by atoms with Gasteiger partial charge in [0.1, 0.15) is 11.5 Å². The van der Waals surface area contributed by atoms with E-state index in [9.17, 15) is 0 Å². The van der Waals surface area contributed by atoms with Crippen molar-refractivity contribution in [1.29, 1.82) is 0 Å². The lowest BCUT2D eigenvalue weighted by molar-refractivity contribution is 0.476. The van der Waals surface area contributed by atoms with Crippen LogP contribution in [-0.2, 0) is 13.0 Å². The number of nitrogens with one attached hydrogen (secondary N) is 1. The van der Waals surface area contributed by atoms with Gasteiger partial charge in [0.2, 0.25) is 0 Å². The lowest BCUT2D eigenvalue weighted by Gasteiger charge is -2.09. The second kappa shape index (κ2) is 6.55. The minimum atomic E-state index is 0.737. The lowest BCUT2D eigenvalue weighted by atomic mass is 10.3. The average Bonchev–Trinajstić information content (AvgIpc) is 2.86. The van der Waals surface area contributed by atoms with E-state index in [1.165, 1.54) is 10.6 Å². The van der Waals surface area contributed by atoms with Crippen LogP contribution in [0.25, 0.3) is 0 Å². The maximum atomic E-state index is 5.69. The Hall–Kier alpha value is -1.35. The summed E-state index contributed by atoms with van der Waals surface area (Å²) in [6.07, 6.45) is 0.947. The summed E-state index contributed by atoms with van der Waals surface area (Å²) in [5.41, 5.74) is 1.18. The number of benzene rings is 1. The topological polar surface area (TPSA) is 25.2 Å². The van der Waals surface area contributed by atoms with E-state index in [1.54, 1.807) is 0 Å². The Bertz CT molecular complexity index is 493. The van der Waals surface area contributed by atoms with Crippen LogP contribution in [0, 0.1) is 0 Å². The summed E-state index contributed by atoms with van der Waals surface area (Å²) in [4.78, 5) is 1.29. The van der Waals surface area contributed by atoms with Gasteiger partial charge in [0.15, 0.2) is 0 Å². The SMILES string of the molecule is CCSc1ccccc1NCc1ccc(CC)o1. The molecule has 1 aromatic carbocycles. The van der Waals surface area contributed by atoms with Crippen LogP contribution in [-0.4, -0.2) is 5.75 Å². The summed E-state index contributed by atoms with van der Waals surface area (Å²) >= 11 is 1.85. The van der Waals surface area contributed by atoms with E-state index in [0.29, 0.717) is 0 Å². The smallest absolute Gasteiger partial charge is 0.123 e. The molecule has 1 N–H and O–H groups in total. The first-order valence-electron chi connectivity index (χ1n) is 6.36. The summed E-state index contributed by atoms with van der Waals surface area (Å²) < 4.78 is 5.69. The van der Waals surface area contributed by atoms with E-state index < -0.39 is 0 Å². The van der Waals surface area contributed by atoms with Gasteiger partial charge in [0.05, 0.1) is 6.54 Å². The molecule has 0 aliphatic carbocycles. The van der Waals surface area contributed by atoms with Gasteiger partial charge in [-0.15, -0.1) is 11.8 Å². The van der Waals surface area contributed by atoms with Crippen molar-refractivity contribution in [3.8, 4) is 0 Å². The molecule has 96 valence electrons. The minimum absolute atomic E-state index is 0.737. The molecule has 2 aromatic rings. The number of rotatable bonds is 6. The van der Waals surface area contributed by atoms with Crippen LogP contribution in [0.2, 0.25) is 0 Å². The quantitative estimate of drug-likeness (QED) is 0.771. The second-order valence-corrected chi connectivity index (χ2v) is 5.31. The number of hydrogen-bond donors (Lipinski definition) is 1. The van der Waals surface area contributed by atoms with Crippen molar-refractivity contribution in [2.24, 2.45) is 0 Å². The Morgan fingerprint density at radius 3 is 2.56 bits per heavy atom. The molecule has 0 fully saturated rings. The van der Waals surface area contributed by atoms with E-state index in [-0.39, 0.29) is 0 Å². The molecule has 0 spiro atoms. The Balaban J connectivity index is 2.01. The highest BCUT2D eigenvalue weighted by molar-refractivity contribution is 7.99. The van der Waals surface area contributed by atoms with Crippen LogP contribution in [0.4, 0.5) is 5.69 Å². The molecule has 2 nitrogen and oxygen atoms in total. The Kier molecular flexibility index (Phi) is 4.76. The highest BCUT2D eigenvalue weighted by atomic mass is 32.2. The molecule has 0 amide bonds. The number of thioether (sulfide) groups is 1. The first-order valence-corrected chi connectivity index (χ1v) is 7.35. The summed E-state index contributed by atoms with van der Waals surface area (Å²) in [5.74, 6) is 3.12. The molecular formula is C15H19NOS. The second-order valence-electron chi connectivity index (χ2n) is 4.00. The van der Waals surface area contributed by atoms with Crippen molar-refractivity contribution in [2.45, 2.75) is 31.7 Å². The van der Waals surface area contributed by atoms with Crippen LogP contribution < -0.4 is 5.32 Å². The van der Waals surface area contributed by atoms with Crippen LogP contribution in [0.15, 0.2) is 45.7 Å². The van der Waals surface area contributed by atoms with Gasteiger partial charge < -0.3 is 9.73 Å². The highest BCUT2D eigenvalue weighted by Crippen LogP contribution is 2.27. The molecule has 1 heterocycles. The van der Waals surface area contributed by atoms with E-state index in [4.69, 9.17) is 4.42 Å². The van der Waals surface area contributed by atoms with Crippen molar-refractivity contribution in [3.63, 3.8) is 0 Å². The molecular weight excluding hydrogens is 242 g/mol. The van der Waals surface area contributed by atoms with E-state index in [1.807, 2.05) is 23.9 Å². The number of aryl methyl sites for hydroxylation is 1. The first-order chi connectivity index (χ1) is 8.83. The average molecular weight is 261 g/mol. The first kappa shape index (κ1) is 13.1. The fourth-order valence-electron chi connectivity index (χ4n) is 1.78. The summed E-state index contributed by atoms with van der Waals surface area (Å²) in [5, 5.41) is 3.44. The molecule has 1 aromatic heterocycles. The molecule has 0 atom stereocenters. The fraction of sp³-hybridized carbons (Fsp3) is 0.333. The molecule has 2 rings (SSSR count). The highest BCUT2D eigenvalue weighted by Gasteiger charge is 2.03. The van der Waals surface area contributed by atoms with Crippen molar-refractivity contribution < 1.29 is 4.42 Å². The standard InChI is InChI=1S/C15H19NOS/c1-3-12-9-10-13(17-12)11-16-14-7-5-6-8-15(14)18-4-2/h5-10,16H,3-4,11H2,1-2H3. The monoisotopic (exact) mass is 261 g/mol. The van der Waals surface area contributed by atoms with Crippen molar-refractivity contribution in [2.75, 3.05) is 11.1 Å². The van der Waals surface area contributed by atoms with E-state index in [2.05, 4.69) is 43.4 Å². The van der Waals surface area contributed by atoms with Crippen LogP contribution >= 0.6 is 11.8 Å². The molecule has 18 heavy (non-hydrogen) atoms.